The van der Waals surface area contributed by atoms with Crippen molar-refractivity contribution >= 4 is 39.7 Å². The van der Waals surface area contributed by atoms with E-state index in [4.69, 9.17) is 10.5 Å². The molecule has 0 bridgehead atoms. The molecule has 0 aromatic heterocycles. The summed E-state index contributed by atoms with van der Waals surface area (Å²) in [6, 6.07) is 6.67. The number of nitrogens with one attached hydrogen (secondary N) is 2. The van der Waals surface area contributed by atoms with Gasteiger partial charge >= 0.3 is 0 Å². The highest BCUT2D eigenvalue weighted by Gasteiger charge is 2.38. The lowest BCUT2D eigenvalue weighted by molar-refractivity contribution is -0.130. The highest BCUT2D eigenvalue weighted by molar-refractivity contribution is 7.92. The van der Waals surface area contributed by atoms with E-state index < -0.39 is 15.4 Å². The van der Waals surface area contributed by atoms with E-state index in [0.717, 1.165) is 0 Å². The average molecular weight is 392 g/mol. The monoisotopic (exact) mass is 391 g/mol. The number of halogens is 1. The molecule has 0 atom stereocenters. The second-order valence-electron chi connectivity index (χ2n) is 6.05. The maximum absolute atomic E-state index is 12.6. The van der Waals surface area contributed by atoms with E-state index in [0.29, 0.717) is 43.9 Å². The lowest BCUT2D eigenvalue weighted by Crippen LogP contribution is -2.46. The van der Waals surface area contributed by atoms with Gasteiger partial charge in [-0.1, -0.05) is 13.0 Å². The molecular formula is C16H26ClN3O4S. The van der Waals surface area contributed by atoms with Crippen molar-refractivity contribution in [1.82, 2.24) is 0 Å². The molecule has 2 rings (SSSR count). The molecule has 1 aromatic rings. The molecule has 0 aliphatic carbocycles. The minimum Gasteiger partial charge on any atom is -0.381 e. The van der Waals surface area contributed by atoms with Gasteiger partial charge in [-0.15, -0.1) is 12.4 Å². The summed E-state index contributed by atoms with van der Waals surface area (Å²) in [5, 5.41) is 2.85. The van der Waals surface area contributed by atoms with Gasteiger partial charge in [0.05, 0.1) is 16.9 Å². The summed E-state index contributed by atoms with van der Waals surface area (Å²) in [7, 11) is -3.37. The van der Waals surface area contributed by atoms with Crippen LogP contribution in [0, 0.1) is 5.41 Å². The molecule has 1 amide bonds. The third-order valence-electron chi connectivity index (χ3n) is 4.19. The van der Waals surface area contributed by atoms with Crippen molar-refractivity contribution in [1.29, 1.82) is 0 Å². The van der Waals surface area contributed by atoms with Gasteiger partial charge in [0.2, 0.25) is 15.9 Å². The molecule has 0 saturated carbocycles. The van der Waals surface area contributed by atoms with Crippen molar-refractivity contribution in [2.24, 2.45) is 11.1 Å². The predicted octanol–water partition coefficient (Wildman–Crippen LogP) is 1.95. The Morgan fingerprint density at radius 1 is 1.28 bits per heavy atom. The standard InChI is InChI=1S/C16H25N3O4S.ClH/c1-2-10-24(21,22)19-14-5-3-4-13(11-14)18-15(20)16(12-17)6-8-23-9-7-16;/h3-5,11,19H,2,6-10,12,17H2,1H3,(H,18,20);1H. The second-order valence-corrected chi connectivity index (χ2v) is 7.89. The first-order valence-electron chi connectivity index (χ1n) is 8.10. The Morgan fingerprint density at radius 2 is 1.92 bits per heavy atom. The minimum absolute atomic E-state index is 0. The molecule has 7 nitrogen and oxygen atoms in total. The number of amides is 1. The molecule has 4 N–H and O–H groups in total. The van der Waals surface area contributed by atoms with Crippen molar-refractivity contribution in [3.8, 4) is 0 Å². The summed E-state index contributed by atoms with van der Waals surface area (Å²) in [5.41, 5.74) is 6.17. The number of rotatable bonds is 7. The van der Waals surface area contributed by atoms with Gasteiger partial charge < -0.3 is 15.8 Å². The first kappa shape index (κ1) is 21.7. The Labute approximate surface area is 155 Å². The Hall–Kier alpha value is -1.35. The predicted molar refractivity (Wildman–Crippen MR) is 102 cm³/mol. The van der Waals surface area contributed by atoms with Crippen molar-refractivity contribution in [3.05, 3.63) is 24.3 Å². The molecule has 0 unspecified atom stereocenters. The molecule has 1 heterocycles. The average Bonchev–Trinajstić information content (AvgIpc) is 2.55. The van der Waals surface area contributed by atoms with Crippen molar-refractivity contribution in [3.63, 3.8) is 0 Å². The number of benzene rings is 1. The van der Waals surface area contributed by atoms with Crippen LogP contribution in [0.3, 0.4) is 0 Å². The quantitative estimate of drug-likeness (QED) is 0.657. The Morgan fingerprint density at radius 3 is 2.52 bits per heavy atom. The maximum Gasteiger partial charge on any atom is 0.232 e. The Balaban J connectivity index is 0.00000312. The van der Waals surface area contributed by atoms with Crippen LogP contribution in [0.4, 0.5) is 11.4 Å². The molecular weight excluding hydrogens is 366 g/mol. The lowest BCUT2D eigenvalue weighted by Gasteiger charge is -2.34. The van der Waals surface area contributed by atoms with Gasteiger partial charge in [-0.25, -0.2) is 8.42 Å². The highest BCUT2D eigenvalue weighted by atomic mass is 35.5. The fourth-order valence-corrected chi connectivity index (χ4v) is 3.84. The number of ether oxygens (including phenoxy) is 1. The van der Waals surface area contributed by atoms with Gasteiger partial charge in [-0.05, 0) is 37.5 Å². The number of hydrogen-bond acceptors (Lipinski definition) is 5. The van der Waals surface area contributed by atoms with Gasteiger partial charge in [0.1, 0.15) is 0 Å². The SMILES string of the molecule is CCCS(=O)(=O)Nc1cccc(NC(=O)C2(CN)CCOCC2)c1.Cl. The van der Waals surface area contributed by atoms with E-state index >= 15 is 0 Å². The molecule has 1 aliphatic heterocycles. The summed E-state index contributed by atoms with van der Waals surface area (Å²) < 4.78 is 31.5. The summed E-state index contributed by atoms with van der Waals surface area (Å²) in [4.78, 5) is 12.6. The normalized spacial score (nSPS) is 16.6. The molecule has 0 radical (unpaired) electrons. The third kappa shape index (κ3) is 5.85. The van der Waals surface area contributed by atoms with Crippen molar-refractivity contribution < 1.29 is 17.9 Å². The summed E-state index contributed by atoms with van der Waals surface area (Å²) in [6.07, 6.45) is 1.70. The number of carbonyl (C=O) groups is 1. The van der Waals surface area contributed by atoms with Crippen LogP contribution in [0.25, 0.3) is 0 Å². The summed E-state index contributed by atoms with van der Waals surface area (Å²) >= 11 is 0. The number of sulfonamides is 1. The van der Waals surface area contributed by atoms with Crippen LogP contribution in [0.5, 0.6) is 0 Å². The molecule has 25 heavy (non-hydrogen) atoms. The van der Waals surface area contributed by atoms with Crippen LogP contribution in [-0.2, 0) is 19.6 Å². The fraction of sp³-hybridized carbons (Fsp3) is 0.562. The van der Waals surface area contributed by atoms with Crippen LogP contribution >= 0.6 is 12.4 Å². The largest absolute Gasteiger partial charge is 0.381 e. The molecule has 142 valence electrons. The van der Waals surface area contributed by atoms with Gasteiger partial charge in [-0.2, -0.15) is 0 Å². The fourth-order valence-electron chi connectivity index (χ4n) is 2.71. The zero-order valence-electron chi connectivity index (χ0n) is 14.3. The van der Waals surface area contributed by atoms with Gasteiger partial charge in [0.25, 0.3) is 0 Å². The highest BCUT2D eigenvalue weighted by Crippen LogP contribution is 2.31. The molecule has 0 spiro atoms. The number of nitrogens with two attached hydrogens (primary N) is 1. The molecule has 1 saturated heterocycles. The number of hydrogen-bond donors (Lipinski definition) is 3. The third-order valence-corrected chi connectivity index (χ3v) is 5.68. The van der Waals surface area contributed by atoms with Crippen LogP contribution in [0.2, 0.25) is 0 Å². The molecule has 1 fully saturated rings. The van der Waals surface area contributed by atoms with Crippen molar-refractivity contribution in [2.45, 2.75) is 26.2 Å². The van der Waals surface area contributed by atoms with Gasteiger partial charge in [-0.3, -0.25) is 9.52 Å². The first-order chi connectivity index (χ1) is 11.4. The number of carbonyl (C=O) groups excluding carboxylic acids is 1. The minimum atomic E-state index is -3.37. The van der Waals surface area contributed by atoms with Crippen LogP contribution in [0.1, 0.15) is 26.2 Å². The lowest BCUT2D eigenvalue weighted by atomic mass is 9.79. The topological polar surface area (TPSA) is 111 Å². The van der Waals surface area contributed by atoms with E-state index in [1.54, 1.807) is 31.2 Å². The van der Waals surface area contributed by atoms with Crippen LogP contribution < -0.4 is 15.8 Å². The van der Waals surface area contributed by atoms with Crippen LogP contribution in [-0.4, -0.2) is 39.8 Å². The smallest absolute Gasteiger partial charge is 0.232 e. The second kappa shape index (κ2) is 9.38. The molecule has 9 heteroatoms. The van der Waals surface area contributed by atoms with Gasteiger partial charge in [0.15, 0.2) is 0 Å². The molecule has 1 aliphatic rings. The van der Waals surface area contributed by atoms with E-state index in [1.807, 2.05) is 0 Å². The van der Waals surface area contributed by atoms with E-state index in [1.165, 1.54) is 0 Å². The van der Waals surface area contributed by atoms with Crippen LogP contribution in [0.15, 0.2) is 24.3 Å². The van der Waals surface area contributed by atoms with E-state index in [2.05, 4.69) is 10.0 Å². The summed E-state index contributed by atoms with van der Waals surface area (Å²) in [6.45, 7) is 3.09. The number of anilines is 2. The van der Waals surface area contributed by atoms with Gasteiger partial charge in [0, 0.05) is 25.4 Å². The zero-order chi connectivity index (χ0) is 17.6. The molecule has 1 aromatic carbocycles. The van der Waals surface area contributed by atoms with Crippen molar-refractivity contribution in [2.75, 3.05) is 35.6 Å². The zero-order valence-corrected chi connectivity index (χ0v) is 15.9. The maximum atomic E-state index is 12.6. The summed E-state index contributed by atoms with van der Waals surface area (Å²) in [5.74, 6) is -0.0956. The van der Waals surface area contributed by atoms with E-state index in [9.17, 15) is 13.2 Å². The Kier molecular flexibility index (Phi) is 8.14. The van der Waals surface area contributed by atoms with E-state index in [-0.39, 0.29) is 30.6 Å². The first-order valence-corrected chi connectivity index (χ1v) is 9.76. The Bertz CT molecular complexity index is 676.